The van der Waals surface area contributed by atoms with Crippen molar-refractivity contribution >= 4 is 87.8 Å². The fourth-order valence-electron chi connectivity index (χ4n) is 12.3. The monoisotopic (exact) mass is 1100 g/mol. The Morgan fingerprint density at radius 3 is 1.12 bits per heavy atom. The van der Waals surface area contributed by atoms with Crippen LogP contribution in [0.15, 0.2) is 252 Å². The largest absolute Gasteiger partial charge is 0.268 e. The molecular formula is C76H40N8O2. The van der Waals surface area contributed by atoms with Gasteiger partial charge in [-0.05, 0) is 133 Å². The standard InChI is InChI=1S/2C38H20N4O/c1-40-28-16-14-24(15-17-28)27-20-33(26-12-10-23(22-39)11-13-26)36-34(21-27)42-37(41-36)31-19-18-29(25-6-3-2-4-7-25)30-8-5-9-32(35(30)31)38(42)43;1-40-28-16-14-24(15-17-28)27-20-33(26-12-10-23(22-39)11-13-26)36-34(21-27)42-37(41-36)31-9-5-8-30-29(25-6-3-2-4-7-25)18-19-32(35(30)31)38(42)43/h2*2-21H. The number of fused-ring (bicyclic) bond motifs is 8. The number of hydrogen-bond donors (Lipinski definition) is 0. The van der Waals surface area contributed by atoms with Gasteiger partial charge in [0.25, 0.3) is 11.1 Å². The summed E-state index contributed by atoms with van der Waals surface area (Å²) in [5.41, 5.74) is 17.6. The van der Waals surface area contributed by atoms with E-state index in [0.717, 1.165) is 99.1 Å². The van der Waals surface area contributed by atoms with Crippen LogP contribution in [-0.2, 0) is 0 Å². The van der Waals surface area contributed by atoms with E-state index in [0.29, 0.717) is 66.6 Å². The van der Waals surface area contributed by atoms with Gasteiger partial charge >= 0.3 is 0 Å². The Morgan fingerprint density at radius 1 is 0.337 bits per heavy atom. The maximum atomic E-state index is 14.3. The van der Waals surface area contributed by atoms with Crippen molar-refractivity contribution in [2.75, 3.05) is 0 Å². The zero-order valence-electron chi connectivity index (χ0n) is 45.5. The van der Waals surface area contributed by atoms with Gasteiger partial charge in [-0.3, -0.25) is 18.4 Å². The number of nitrogens with zero attached hydrogens (tertiary/aromatic N) is 8. The molecule has 10 nitrogen and oxygen atoms in total. The first kappa shape index (κ1) is 50.4. The molecule has 0 spiro atoms. The highest BCUT2D eigenvalue weighted by atomic mass is 16.1. The Morgan fingerprint density at radius 2 is 0.698 bits per heavy atom. The van der Waals surface area contributed by atoms with Crippen molar-refractivity contribution in [3.8, 4) is 78.9 Å². The van der Waals surface area contributed by atoms with E-state index in [9.17, 15) is 20.1 Å². The Bertz CT molecular complexity index is 5450. The molecule has 396 valence electrons. The molecule has 0 radical (unpaired) electrons. The van der Waals surface area contributed by atoms with E-state index in [2.05, 4.69) is 82.5 Å². The molecule has 16 rings (SSSR count). The highest BCUT2D eigenvalue weighted by Crippen LogP contribution is 2.42. The first-order valence-electron chi connectivity index (χ1n) is 27.7. The summed E-state index contributed by atoms with van der Waals surface area (Å²) in [5, 5.41) is 25.7. The number of aromatic nitrogens is 4. The van der Waals surface area contributed by atoms with Gasteiger partial charge in [-0.25, -0.2) is 19.7 Å². The van der Waals surface area contributed by atoms with E-state index in [1.807, 2.05) is 133 Å². The first-order valence-corrected chi connectivity index (χ1v) is 27.7. The van der Waals surface area contributed by atoms with Crippen LogP contribution in [0.5, 0.6) is 0 Å². The van der Waals surface area contributed by atoms with Gasteiger partial charge in [-0.2, -0.15) is 10.5 Å². The molecule has 16 aromatic rings. The molecule has 0 aliphatic carbocycles. The second-order valence-electron chi connectivity index (χ2n) is 21.1. The summed E-state index contributed by atoms with van der Waals surface area (Å²) >= 11 is 0. The lowest BCUT2D eigenvalue weighted by molar-refractivity contribution is 1.19. The molecule has 0 aliphatic heterocycles. The normalized spacial score (nSPS) is 11.3. The number of imidazole rings is 2. The average Bonchev–Trinajstić information content (AvgIpc) is 1.55. The summed E-state index contributed by atoms with van der Waals surface area (Å²) in [4.78, 5) is 46.0. The van der Waals surface area contributed by atoms with Crippen LogP contribution in [0.3, 0.4) is 0 Å². The zero-order valence-corrected chi connectivity index (χ0v) is 45.5. The summed E-state index contributed by atoms with van der Waals surface area (Å²) in [6.07, 6.45) is 0. The fourth-order valence-corrected chi connectivity index (χ4v) is 12.3. The number of hydrogen-bond acceptors (Lipinski definition) is 6. The van der Waals surface area contributed by atoms with Crippen molar-refractivity contribution in [1.29, 1.82) is 10.5 Å². The number of pyridine rings is 2. The van der Waals surface area contributed by atoms with Gasteiger partial charge in [-0.15, -0.1) is 0 Å². The lowest BCUT2D eigenvalue weighted by Crippen LogP contribution is -2.13. The fraction of sp³-hybridized carbons (Fsp3) is 0. The summed E-state index contributed by atoms with van der Waals surface area (Å²) in [6.45, 7) is 14.7. The Labute approximate surface area is 490 Å². The minimum absolute atomic E-state index is 0.118. The molecular weight excluding hydrogens is 1060 g/mol. The highest BCUT2D eigenvalue weighted by molar-refractivity contribution is 6.21. The molecule has 0 N–H and O–H groups in total. The Hall–Kier alpha value is -12.6. The molecule has 10 heteroatoms. The molecule has 0 saturated heterocycles. The van der Waals surface area contributed by atoms with E-state index >= 15 is 0 Å². The molecule has 12 aromatic carbocycles. The summed E-state index contributed by atoms with van der Waals surface area (Å²) in [7, 11) is 0. The van der Waals surface area contributed by atoms with Crippen LogP contribution in [0.4, 0.5) is 11.4 Å². The molecule has 0 bridgehead atoms. The topological polar surface area (TPSA) is 125 Å². The summed E-state index contributed by atoms with van der Waals surface area (Å²) in [5.74, 6) is 0. The predicted octanol–water partition coefficient (Wildman–Crippen LogP) is 18.0. The second kappa shape index (κ2) is 20.1. The molecule has 86 heavy (non-hydrogen) atoms. The average molecular weight is 1100 g/mol. The zero-order chi connectivity index (χ0) is 58.2. The number of nitriles is 2. The number of benzene rings is 12. The highest BCUT2D eigenvalue weighted by Gasteiger charge is 2.24. The van der Waals surface area contributed by atoms with Gasteiger partial charge in [0.1, 0.15) is 11.3 Å². The Balaban J connectivity index is 0.000000145. The van der Waals surface area contributed by atoms with Crippen molar-refractivity contribution < 1.29 is 0 Å². The smallest absolute Gasteiger partial charge is 0.264 e. The molecule has 0 unspecified atom stereocenters. The van der Waals surface area contributed by atoms with Gasteiger partial charge in [0.2, 0.25) is 0 Å². The SMILES string of the molecule is [C-]#[N+]c1ccc(-c2cc(-c3ccc(C#N)cc3)c3nc4c5ccc(-c6ccccc6)c6cccc(c(=O)n4c3c2)c65)cc1.[C-]#[N+]c1ccc(-c2cc(-c3ccc(C#N)cc3)c3nc4c5cccc6c(-c7ccccc7)ccc(c(=O)n4c3c2)c65)cc1. The van der Waals surface area contributed by atoms with Crippen LogP contribution >= 0.6 is 0 Å². The molecule has 0 atom stereocenters. The third kappa shape index (κ3) is 8.07. The lowest BCUT2D eigenvalue weighted by atomic mass is 9.94. The predicted molar refractivity (Wildman–Crippen MR) is 345 cm³/mol. The van der Waals surface area contributed by atoms with Gasteiger partial charge in [-0.1, -0.05) is 176 Å². The van der Waals surface area contributed by atoms with Crippen molar-refractivity contribution in [3.05, 3.63) is 297 Å². The van der Waals surface area contributed by atoms with Gasteiger partial charge in [0.05, 0.1) is 58.5 Å². The molecule has 4 aromatic heterocycles. The van der Waals surface area contributed by atoms with Crippen LogP contribution in [0.25, 0.3) is 153 Å². The van der Waals surface area contributed by atoms with Crippen LogP contribution in [0.2, 0.25) is 0 Å². The van der Waals surface area contributed by atoms with Crippen molar-refractivity contribution in [1.82, 2.24) is 18.8 Å². The molecule has 0 fully saturated rings. The van der Waals surface area contributed by atoms with E-state index < -0.39 is 0 Å². The maximum Gasteiger partial charge on any atom is 0.264 e. The van der Waals surface area contributed by atoms with Gasteiger partial charge in [0, 0.05) is 43.4 Å². The third-order valence-electron chi connectivity index (χ3n) is 16.4. The van der Waals surface area contributed by atoms with Crippen LogP contribution in [0.1, 0.15) is 11.1 Å². The van der Waals surface area contributed by atoms with Crippen molar-refractivity contribution in [3.63, 3.8) is 0 Å². The molecule has 0 amide bonds. The van der Waals surface area contributed by atoms with Crippen molar-refractivity contribution in [2.45, 2.75) is 0 Å². The molecule has 0 aliphatic rings. The second-order valence-corrected chi connectivity index (χ2v) is 21.1. The van der Waals surface area contributed by atoms with Crippen LogP contribution in [0, 0.1) is 35.8 Å². The van der Waals surface area contributed by atoms with Crippen molar-refractivity contribution in [2.24, 2.45) is 0 Å². The van der Waals surface area contributed by atoms with Gasteiger partial charge in [0.15, 0.2) is 11.4 Å². The summed E-state index contributed by atoms with van der Waals surface area (Å²) in [6, 6.07) is 82.9. The van der Waals surface area contributed by atoms with Crippen LogP contribution < -0.4 is 11.1 Å². The van der Waals surface area contributed by atoms with Gasteiger partial charge < -0.3 is 0 Å². The quantitative estimate of drug-likeness (QED) is 0.153. The first-order chi connectivity index (χ1) is 42.3. The Kier molecular flexibility index (Phi) is 11.8. The number of rotatable bonds is 6. The maximum absolute atomic E-state index is 14.3. The molecule has 0 saturated carbocycles. The van der Waals surface area contributed by atoms with E-state index in [1.165, 1.54) is 0 Å². The summed E-state index contributed by atoms with van der Waals surface area (Å²) < 4.78 is 3.47. The lowest BCUT2D eigenvalue weighted by Gasteiger charge is -2.12. The van der Waals surface area contributed by atoms with E-state index in [4.69, 9.17) is 23.1 Å². The third-order valence-corrected chi connectivity index (χ3v) is 16.4. The van der Waals surface area contributed by atoms with E-state index in [1.54, 1.807) is 57.3 Å². The molecule has 4 heterocycles. The minimum atomic E-state index is -0.118. The van der Waals surface area contributed by atoms with E-state index in [-0.39, 0.29) is 11.1 Å². The minimum Gasteiger partial charge on any atom is -0.268 e. The van der Waals surface area contributed by atoms with Crippen LogP contribution in [-0.4, -0.2) is 18.8 Å².